The van der Waals surface area contributed by atoms with Crippen molar-refractivity contribution in [2.45, 2.75) is 38.5 Å². The van der Waals surface area contributed by atoms with Gasteiger partial charge in [-0.2, -0.15) is 0 Å². The van der Waals surface area contributed by atoms with Crippen LogP contribution in [0.4, 0.5) is 4.39 Å². The molecule has 0 radical (unpaired) electrons. The van der Waals surface area contributed by atoms with Gasteiger partial charge < -0.3 is 21.1 Å². The fourth-order valence-corrected chi connectivity index (χ4v) is 3.85. The number of ether oxygens (including phenoxy) is 1. The molecule has 1 fully saturated rings. The van der Waals surface area contributed by atoms with Gasteiger partial charge in [0.1, 0.15) is 5.82 Å². The lowest BCUT2D eigenvalue weighted by Crippen LogP contribution is -2.46. The van der Waals surface area contributed by atoms with Crippen LogP contribution in [0.25, 0.3) is 0 Å². The Hall–Kier alpha value is -1.42. The molecule has 0 saturated heterocycles. The van der Waals surface area contributed by atoms with Gasteiger partial charge in [0, 0.05) is 33.9 Å². The number of aliphatic imine (C=N–C) groups is 1. The van der Waals surface area contributed by atoms with Gasteiger partial charge in [0.2, 0.25) is 5.91 Å². The lowest BCUT2D eigenvalue weighted by atomic mass is 9.83. The van der Waals surface area contributed by atoms with E-state index in [0.717, 1.165) is 25.1 Å². The molecular weight excluding hydrogens is 486 g/mol. The van der Waals surface area contributed by atoms with Crippen LogP contribution in [0.5, 0.6) is 0 Å². The first kappa shape index (κ1) is 25.6. The van der Waals surface area contributed by atoms with E-state index in [4.69, 9.17) is 10.5 Å². The predicted molar refractivity (Wildman–Crippen MR) is 125 cm³/mol. The number of guanidine groups is 1. The highest BCUT2D eigenvalue weighted by molar-refractivity contribution is 14.0. The molecule has 0 bridgehead atoms. The zero-order valence-corrected chi connectivity index (χ0v) is 19.7. The third kappa shape index (κ3) is 8.46. The zero-order valence-electron chi connectivity index (χ0n) is 17.4. The molecule has 0 heterocycles. The Kier molecular flexibility index (Phi) is 11.5. The van der Waals surface area contributed by atoms with Gasteiger partial charge in [-0.15, -0.1) is 24.0 Å². The third-order valence-electron chi connectivity index (χ3n) is 5.67. The van der Waals surface area contributed by atoms with E-state index in [1.165, 1.54) is 37.8 Å². The summed E-state index contributed by atoms with van der Waals surface area (Å²) in [7, 11) is 3.45. The number of hydrogen-bond donors (Lipinski definition) is 3. The van der Waals surface area contributed by atoms with E-state index in [-0.39, 0.29) is 41.1 Å². The molecule has 4 N–H and O–H groups in total. The highest BCUT2D eigenvalue weighted by atomic mass is 127. The Morgan fingerprint density at radius 3 is 2.48 bits per heavy atom. The Balaban J connectivity index is 0.00000420. The summed E-state index contributed by atoms with van der Waals surface area (Å²) in [5.74, 6) is -0.428. The van der Waals surface area contributed by atoms with E-state index in [1.807, 2.05) is 0 Å². The molecule has 1 amide bonds. The topological polar surface area (TPSA) is 88.7 Å². The van der Waals surface area contributed by atoms with Crippen molar-refractivity contribution in [1.29, 1.82) is 0 Å². The quantitative estimate of drug-likeness (QED) is 0.252. The summed E-state index contributed by atoms with van der Waals surface area (Å²) in [6.45, 7) is 1.96. The van der Waals surface area contributed by atoms with Crippen LogP contribution < -0.4 is 16.4 Å². The number of rotatable bonds is 10. The first-order valence-corrected chi connectivity index (χ1v) is 9.95. The monoisotopic (exact) mass is 520 g/mol. The van der Waals surface area contributed by atoms with E-state index in [1.54, 1.807) is 26.3 Å². The minimum Gasteiger partial charge on any atom is -0.385 e. The Morgan fingerprint density at radius 1 is 1.28 bits per heavy atom. The number of nitrogens with one attached hydrogen (secondary N) is 2. The predicted octanol–water partition coefficient (Wildman–Crippen LogP) is 2.85. The number of primary amides is 1. The molecule has 1 atom stereocenters. The van der Waals surface area contributed by atoms with Crippen LogP contribution in [0.15, 0.2) is 29.3 Å². The molecule has 0 spiro atoms. The molecule has 6 nitrogen and oxygen atoms in total. The minimum atomic E-state index is -0.405. The number of halogens is 2. The Morgan fingerprint density at radius 2 is 1.93 bits per heavy atom. The largest absolute Gasteiger partial charge is 0.385 e. The number of benzene rings is 1. The van der Waals surface area contributed by atoms with Crippen LogP contribution in [0.1, 0.15) is 37.7 Å². The summed E-state index contributed by atoms with van der Waals surface area (Å²) in [6.07, 6.45) is 6.36. The molecule has 29 heavy (non-hydrogen) atoms. The molecular formula is C21H34FIN4O2. The fraction of sp³-hybridized carbons (Fsp3) is 0.619. The van der Waals surface area contributed by atoms with Crippen LogP contribution >= 0.6 is 24.0 Å². The van der Waals surface area contributed by atoms with Crippen LogP contribution in [0.3, 0.4) is 0 Å². The lowest BCUT2D eigenvalue weighted by molar-refractivity contribution is -0.121. The molecule has 1 unspecified atom stereocenters. The maximum atomic E-state index is 13.1. The molecule has 1 aliphatic rings. The summed E-state index contributed by atoms with van der Waals surface area (Å²) >= 11 is 0. The lowest BCUT2D eigenvalue weighted by Gasteiger charge is -2.30. The first-order chi connectivity index (χ1) is 13.5. The molecule has 1 saturated carbocycles. The molecule has 0 aromatic heterocycles. The van der Waals surface area contributed by atoms with Crippen molar-refractivity contribution in [2.24, 2.45) is 22.1 Å². The second-order valence-corrected chi connectivity index (χ2v) is 7.69. The van der Waals surface area contributed by atoms with Gasteiger partial charge in [-0.25, -0.2) is 4.39 Å². The smallest absolute Gasteiger partial charge is 0.222 e. The standard InChI is InChI=1S/C21H33FN4O2.HI/c1-24-20(26-15-21(11-12-28-2)9-3-4-10-21)25-14-17(19(23)27)13-16-5-7-18(22)8-6-16;/h5-8,17H,3-4,9-15H2,1-2H3,(H2,23,27)(H2,24,25,26);1H. The number of nitrogens with two attached hydrogens (primary N) is 1. The second kappa shape index (κ2) is 13.0. The highest BCUT2D eigenvalue weighted by Crippen LogP contribution is 2.40. The molecule has 1 aromatic carbocycles. The van der Waals surface area contributed by atoms with Gasteiger partial charge in [-0.05, 0) is 48.8 Å². The molecule has 1 aliphatic carbocycles. The Bertz CT molecular complexity index is 649. The molecule has 8 heteroatoms. The number of carbonyl (C=O) groups excluding carboxylic acids is 1. The number of carbonyl (C=O) groups is 1. The third-order valence-corrected chi connectivity index (χ3v) is 5.67. The van der Waals surface area contributed by atoms with Crippen LogP contribution in [-0.2, 0) is 16.0 Å². The maximum absolute atomic E-state index is 13.1. The van der Waals surface area contributed by atoms with Crippen molar-refractivity contribution >= 4 is 35.8 Å². The average Bonchev–Trinajstić information content (AvgIpc) is 3.16. The van der Waals surface area contributed by atoms with Crippen molar-refractivity contribution in [2.75, 3.05) is 33.9 Å². The average molecular weight is 520 g/mol. The Labute approximate surface area is 190 Å². The normalized spacial score (nSPS) is 16.7. The van der Waals surface area contributed by atoms with Crippen LogP contribution in [-0.4, -0.2) is 45.7 Å². The molecule has 164 valence electrons. The van der Waals surface area contributed by atoms with E-state index in [0.29, 0.717) is 18.9 Å². The molecule has 2 rings (SSSR count). The number of methoxy groups -OCH3 is 1. The van der Waals surface area contributed by atoms with E-state index < -0.39 is 5.92 Å². The van der Waals surface area contributed by atoms with Crippen molar-refractivity contribution < 1.29 is 13.9 Å². The second-order valence-electron chi connectivity index (χ2n) is 7.69. The van der Waals surface area contributed by atoms with Gasteiger partial charge >= 0.3 is 0 Å². The van der Waals surface area contributed by atoms with E-state index in [9.17, 15) is 9.18 Å². The van der Waals surface area contributed by atoms with Crippen molar-refractivity contribution in [3.05, 3.63) is 35.6 Å². The fourth-order valence-electron chi connectivity index (χ4n) is 3.85. The van der Waals surface area contributed by atoms with Gasteiger partial charge in [-0.3, -0.25) is 9.79 Å². The SMILES string of the molecule is CN=C(NCC(Cc1ccc(F)cc1)C(N)=O)NCC1(CCOC)CCCC1.I. The van der Waals surface area contributed by atoms with Gasteiger partial charge in [0.15, 0.2) is 5.96 Å². The summed E-state index contributed by atoms with van der Waals surface area (Å²) < 4.78 is 18.4. The number of hydrogen-bond acceptors (Lipinski definition) is 3. The van der Waals surface area contributed by atoms with Crippen LogP contribution in [0, 0.1) is 17.2 Å². The van der Waals surface area contributed by atoms with E-state index in [2.05, 4.69) is 15.6 Å². The van der Waals surface area contributed by atoms with Gasteiger partial charge in [0.05, 0.1) is 5.92 Å². The van der Waals surface area contributed by atoms with Gasteiger partial charge in [0.25, 0.3) is 0 Å². The highest BCUT2D eigenvalue weighted by Gasteiger charge is 2.33. The summed E-state index contributed by atoms with van der Waals surface area (Å²) in [5.41, 5.74) is 6.68. The number of nitrogens with zero attached hydrogens (tertiary/aromatic N) is 1. The molecule has 0 aliphatic heterocycles. The summed E-state index contributed by atoms with van der Waals surface area (Å²) in [4.78, 5) is 16.1. The van der Waals surface area contributed by atoms with Crippen molar-refractivity contribution in [3.8, 4) is 0 Å². The number of amides is 1. The minimum absolute atomic E-state index is 0. The summed E-state index contributed by atoms with van der Waals surface area (Å²) in [5, 5.41) is 6.62. The van der Waals surface area contributed by atoms with E-state index >= 15 is 0 Å². The van der Waals surface area contributed by atoms with Crippen LogP contribution in [0.2, 0.25) is 0 Å². The zero-order chi connectivity index (χ0) is 20.4. The summed E-state index contributed by atoms with van der Waals surface area (Å²) in [6, 6.07) is 6.14. The van der Waals surface area contributed by atoms with Gasteiger partial charge in [-0.1, -0.05) is 25.0 Å². The first-order valence-electron chi connectivity index (χ1n) is 9.95. The van der Waals surface area contributed by atoms with Crippen molar-refractivity contribution in [3.63, 3.8) is 0 Å². The molecule has 1 aromatic rings. The van der Waals surface area contributed by atoms with Crippen molar-refractivity contribution in [1.82, 2.24) is 10.6 Å². The maximum Gasteiger partial charge on any atom is 0.222 e.